The summed E-state index contributed by atoms with van der Waals surface area (Å²) in [6.07, 6.45) is 1.01. The number of sulfonamides is 1. The van der Waals surface area contributed by atoms with Crippen LogP contribution >= 0.6 is 11.8 Å². The van der Waals surface area contributed by atoms with Crippen LogP contribution in [0.2, 0.25) is 0 Å². The molecule has 32 heavy (non-hydrogen) atoms. The Morgan fingerprint density at radius 2 is 1.56 bits per heavy atom. The molecule has 0 aromatic heterocycles. The Morgan fingerprint density at radius 1 is 1.00 bits per heavy atom. The number of benzene rings is 2. The first-order valence-corrected chi connectivity index (χ1v) is 11.4. The minimum Gasteiger partial charge on any atom is -0.325 e. The van der Waals surface area contributed by atoms with Crippen molar-refractivity contribution in [2.45, 2.75) is 11.8 Å². The number of nitrogens with two attached hydrogens (primary N) is 1. The smallest absolute Gasteiger partial charge is 0.294 e. The molecule has 10 nitrogen and oxygen atoms in total. The topological polar surface area (TPSA) is 156 Å². The molecule has 1 aliphatic rings. The molecule has 1 fully saturated rings. The highest BCUT2D eigenvalue weighted by atomic mass is 32.2. The summed E-state index contributed by atoms with van der Waals surface area (Å²) >= 11 is 0.553. The zero-order chi connectivity index (χ0) is 23.5. The van der Waals surface area contributed by atoms with E-state index in [2.05, 4.69) is 10.6 Å². The molecular weight excluding hydrogens is 456 g/mol. The van der Waals surface area contributed by atoms with Gasteiger partial charge in [0.1, 0.15) is 6.54 Å². The molecule has 1 aliphatic heterocycles. The summed E-state index contributed by atoms with van der Waals surface area (Å²) in [5.74, 6) is -2.03. The Kier molecular flexibility index (Phi) is 6.77. The first kappa shape index (κ1) is 23.2. The number of carbonyl (C=O) groups is 4. The molecule has 1 saturated heterocycles. The maximum Gasteiger partial charge on any atom is 0.294 e. The number of amides is 4. The van der Waals surface area contributed by atoms with Gasteiger partial charge in [-0.1, -0.05) is 17.7 Å². The Morgan fingerprint density at radius 3 is 2.16 bits per heavy atom. The molecule has 1 heterocycles. The SMILES string of the molecule is Cc1ccc(NC(=O)C=C2SC(=O)N(CC(=O)Nc3ccc(S(N)(=O)=O)cc3)C2=O)cc1. The van der Waals surface area contributed by atoms with Gasteiger partial charge in [0.15, 0.2) is 0 Å². The van der Waals surface area contributed by atoms with Gasteiger partial charge in [0, 0.05) is 17.5 Å². The van der Waals surface area contributed by atoms with E-state index in [1.165, 1.54) is 24.3 Å². The molecule has 2 aromatic rings. The molecule has 4 N–H and O–H groups in total. The monoisotopic (exact) mass is 474 g/mol. The molecule has 2 aromatic carbocycles. The van der Waals surface area contributed by atoms with Crippen LogP contribution < -0.4 is 15.8 Å². The second-order valence-corrected chi connectivity index (χ2v) is 9.30. The van der Waals surface area contributed by atoms with Gasteiger partial charge in [-0.15, -0.1) is 0 Å². The minimum atomic E-state index is -3.87. The average molecular weight is 475 g/mol. The molecule has 0 saturated carbocycles. The van der Waals surface area contributed by atoms with Crippen molar-refractivity contribution in [1.29, 1.82) is 0 Å². The highest BCUT2D eigenvalue weighted by molar-refractivity contribution is 8.18. The lowest BCUT2D eigenvalue weighted by Gasteiger charge is -2.12. The number of imide groups is 1. The largest absolute Gasteiger partial charge is 0.325 e. The zero-order valence-electron chi connectivity index (χ0n) is 16.7. The number of aryl methyl sites for hydroxylation is 1. The van der Waals surface area contributed by atoms with Crippen molar-refractivity contribution < 1.29 is 27.6 Å². The first-order chi connectivity index (χ1) is 15.0. The molecule has 0 unspecified atom stereocenters. The van der Waals surface area contributed by atoms with Gasteiger partial charge in [0.2, 0.25) is 21.8 Å². The van der Waals surface area contributed by atoms with E-state index in [-0.39, 0.29) is 15.5 Å². The van der Waals surface area contributed by atoms with Crippen molar-refractivity contribution in [2.24, 2.45) is 5.14 Å². The molecule has 3 rings (SSSR count). The number of thioether (sulfide) groups is 1. The van der Waals surface area contributed by atoms with Crippen molar-refractivity contribution in [3.63, 3.8) is 0 Å². The van der Waals surface area contributed by atoms with Crippen LogP contribution in [0.3, 0.4) is 0 Å². The standard InChI is InChI=1S/C20H18N4O6S2/c1-12-2-4-13(5-3-12)22-17(25)10-16-19(27)24(20(28)31-16)11-18(26)23-14-6-8-15(9-7-14)32(21,29)30/h2-10H,11H2,1H3,(H,22,25)(H,23,26)(H2,21,29,30). The fourth-order valence-corrected chi connectivity index (χ4v) is 3.97. The highest BCUT2D eigenvalue weighted by Gasteiger charge is 2.36. The summed E-state index contributed by atoms with van der Waals surface area (Å²) in [5, 5.41) is 9.37. The molecule has 0 atom stereocenters. The molecular formula is C20H18N4O6S2. The van der Waals surface area contributed by atoms with Crippen LogP contribution in [0.5, 0.6) is 0 Å². The van der Waals surface area contributed by atoms with Crippen LogP contribution in [-0.4, -0.2) is 42.8 Å². The maximum atomic E-state index is 12.5. The van der Waals surface area contributed by atoms with Crippen molar-refractivity contribution in [1.82, 2.24) is 4.90 Å². The number of anilines is 2. The van der Waals surface area contributed by atoms with Gasteiger partial charge >= 0.3 is 0 Å². The second-order valence-electron chi connectivity index (χ2n) is 6.74. The van der Waals surface area contributed by atoms with Crippen molar-refractivity contribution >= 4 is 56.1 Å². The van der Waals surface area contributed by atoms with Crippen LogP contribution in [0.25, 0.3) is 0 Å². The van der Waals surface area contributed by atoms with Gasteiger partial charge in [-0.3, -0.25) is 24.1 Å². The van der Waals surface area contributed by atoms with Gasteiger partial charge in [0.25, 0.3) is 11.1 Å². The maximum absolute atomic E-state index is 12.5. The third-order valence-electron chi connectivity index (χ3n) is 4.22. The molecule has 166 valence electrons. The molecule has 0 bridgehead atoms. The van der Waals surface area contributed by atoms with E-state index in [0.29, 0.717) is 22.3 Å². The van der Waals surface area contributed by atoms with E-state index in [0.717, 1.165) is 11.6 Å². The molecule has 12 heteroatoms. The normalized spacial score (nSPS) is 15.2. The van der Waals surface area contributed by atoms with E-state index in [1.807, 2.05) is 19.1 Å². The summed E-state index contributed by atoms with van der Waals surface area (Å²) < 4.78 is 22.5. The summed E-state index contributed by atoms with van der Waals surface area (Å²) in [5.41, 5.74) is 1.80. The van der Waals surface area contributed by atoms with Gasteiger partial charge in [-0.2, -0.15) is 0 Å². The molecule has 0 spiro atoms. The lowest BCUT2D eigenvalue weighted by Crippen LogP contribution is -2.36. The van der Waals surface area contributed by atoms with Crippen LogP contribution in [0.15, 0.2) is 64.4 Å². The summed E-state index contributed by atoms with van der Waals surface area (Å²) in [6.45, 7) is 1.33. The number of primary sulfonamides is 1. The second kappa shape index (κ2) is 9.34. The molecule has 0 aliphatic carbocycles. The minimum absolute atomic E-state index is 0.107. The number of hydrogen-bond acceptors (Lipinski definition) is 7. The third kappa shape index (κ3) is 5.81. The van der Waals surface area contributed by atoms with Crippen molar-refractivity contribution in [3.8, 4) is 0 Å². The quantitative estimate of drug-likeness (QED) is 0.539. The first-order valence-electron chi connectivity index (χ1n) is 9.08. The van der Waals surface area contributed by atoms with Gasteiger partial charge in [-0.05, 0) is 55.1 Å². The summed E-state index contributed by atoms with van der Waals surface area (Å²) in [6, 6.07) is 12.1. The highest BCUT2D eigenvalue weighted by Crippen LogP contribution is 2.30. The Labute approximate surface area is 187 Å². The predicted octanol–water partition coefficient (Wildman–Crippen LogP) is 1.80. The molecule has 4 amide bonds. The lowest BCUT2D eigenvalue weighted by atomic mass is 10.2. The van der Waals surface area contributed by atoms with Crippen molar-refractivity contribution in [3.05, 3.63) is 65.1 Å². The Hall–Kier alpha value is -3.48. The molecule has 0 radical (unpaired) electrons. The zero-order valence-corrected chi connectivity index (χ0v) is 18.3. The van der Waals surface area contributed by atoms with Gasteiger partial charge in [0.05, 0.1) is 9.80 Å². The van der Waals surface area contributed by atoms with Gasteiger partial charge < -0.3 is 10.6 Å². The van der Waals surface area contributed by atoms with E-state index in [1.54, 1.807) is 12.1 Å². The van der Waals surface area contributed by atoms with Gasteiger partial charge in [-0.25, -0.2) is 13.6 Å². The van der Waals surface area contributed by atoms with E-state index < -0.39 is 39.5 Å². The van der Waals surface area contributed by atoms with Crippen molar-refractivity contribution in [2.75, 3.05) is 17.2 Å². The number of carbonyl (C=O) groups excluding carboxylic acids is 4. The average Bonchev–Trinajstić information content (AvgIpc) is 2.96. The van der Waals surface area contributed by atoms with Crippen LogP contribution in [0.4, 0.5) is 16.2 Å². The number of nitrogens with one attached hydrogen (secondary N) is 2. The summed E-state index contributed by atoms with van der Waals surface area (Å²) in [7, 11) is -3.87. The fraction of sp³-hybridized carbons (Fsp3) is 0.100. The number of rotatable bonds is 6. The van der Waals surface area contributed by atoms with Crippen LogP contribution in [0, 0.1) is 6.92 Å². The third-order valence-corrected chi connectivity index (χ3v) is 6.06. The van der Waals surface area contributed by atoms with E-state index >= 15 is 0 Å². The van der Waals surface area contributed by atoms with Crippen LogP contribution in [-0.2, 0) is 24.4 Å². The number of nitrogens with zero attached hydrogens (tertiary/aromatic N) is 1. The van der Waals surface area contributed by atoms with E-state index in [4.69, 9.17) is 5.14 Å². The predicted molar refractivity (Wildman–Crippen MR) is 119 cm³/mol. The lowest BCUT2D eigenvalue weighted by molar-refractivity contribution is -0.127. The van der Waals surface area contributed by atoms with E-state index in [9.17, 15) is 27.6 Å². The Balaban J connectivity index is 1.61. The van der Waals surface area contributed by atoms with Crippen LogP contribution in [0.1, 0.15) is 5.56 Å². The fourth-order valence-electron chi connectivity index (χ4n) is 2.64. The Bertz CT molecular complexity index is 1220. The number of hydrogen-bond donors (Lipinski definition) is 3. The summed E-state index contributed by atoms with van der Waals surface area (Å²) in [4.78, 5) is 49.5.